The Balaban J connectivity index is 1.51. The highest BCUT2D eigenvalue weighted by Crippen LogP contribution is 2.42. The Bertz CT molecular complexity index is 782. The SMILES string of the molecule is CN1CCC(C(=O)NC2Nc3ccc4cc(F)ccc4c3S2)C1. The first kappa shape index (κ1) is 14.8. The van der Waals surface area contributed by atoms with Crippen LogP contribution in [0, 0.1) is 11.7 Å². The molecule has 2 unspecified atom stereocenters. The Morgan fingerprint density at radius 2 is 2.26 bits per heavy atom. The van der Waals surface area contributed by atoms with Gasteiger partial charge in [0.15, 0.2) is 5.50 Å². The second-order valence-electron chi connectivity index (χ2n) is 6.21. The fourth-order valence-electron chi connectivity index (χ4n) is 3.26. The maximum absolute atomic E-state index is 13.4. The lowest BCUT2D eigenvalue weighted by atomic mass is 10.1. The van der Waals surface area contributed by atoms with E-state index in [-0.39, 0.29) is 23.1 Å². The highest BCUT2D eigenvalue weighted by atomic mass is 32.2. The molecule has 1 saturated heterocycles. The largest absolute Gasteiger partial charge is 0.356 e. The first-order chi connectivity index (χ1) is 11.1. The summed E-state index contributed by atoms with van der Waals surface area (Å²) in [5, 5.41) is 8.30. The zero-order valence-corrected chi connectivity index (χ0v) is 13.6. The second-order valence-corrected chi connectivity index (χ2v) is 7.32. The zero-order chi connectivity index (χ0) is 16.0. The van der Waals surface area contributed by atoms with Crippen LogP contribution >= 0.6 is 11.8 Å². The number of hydrogen-bond acceptors (Lipinski definition) is 4. The van der Waals surface area contributed by atoms with Crippen molar-refractivity contribution in [2.75, 3.05) is 25.5 Å². The fraction of sp³-hybridized carbons (Fsp3) is 0.353. The molecule has 1 amide bonds. The van der Waals surface area contributed by atoms with Gasteiger partial charge in [-0.25, -0.2) is 4.39 Å². The van der Waals surface area contributed by atoms with E-state index in [0.717, 1.165) is 40.9 Å². The van der Waals surface area contributed by atoms with E-state index in [9.17, 15) is 9.18 Å². The third kappa shape index (κ3) is 2.77. The molecule has 2 atom stereocenters. The van der Waals surface area contributed by atoms with Gasteiger partial charge >= 0.3 is 0 Å². The number of likely N-dealkylation sites (tertiary alicyclic amines) is 1. The molecule has 0 saturated carbocycles. The van der Waals surface area contributed by atoms with E-state index in [2.05, 4.69) is 15.5 Å². The predicted molar refractivity (Wildman–Crippen MR) is 90.9 cm³/mol. The van der Waals surface area contributed by atoms with Gasteiger partial charge in [0.25, 0.3) is 0 Å². The van der Waals surface area contributed by atoms with E-state index in [1.807, 2.05) is 19.2 Å². The molecule has 6 heteroatoms. The molecule has 2 heterocycles. The quantitative estimate of drug-likeness (QED) is 0.888. The number of fused-ring (bicyclic) bond motifs is 3. The van der Waals surface area contributed by atoms with Gasteiger partial charge in [-0.2, -0.15) is 0 Å². The smallest absolute Gasteiger partial charge is 0.226 e. The van der Waals surface area contributed by atoms with Gasteiger partial charge in [-0.05, 0) is 49.0 Å². The Morgan fingerprint density at radius 3 is 3.04 bits per heavy atom. The number of amides is 1. The van der Waals surface area contributed by atoms with Gasteiger partial charge in [0.2, 0.25) is 5.91 Å². The van der Waals surface area contributed by atoms with E-state index in [0.29, 0.717) is 0 Å². The summed E-state index contributed by atoms with van der Waals surface area (Å²) in [5.41, 5.74) is 0.821. The van der Waals surface area contributed by atoms with Gasteiger partial charge in [0, 0.05) is 11.4 Å². The fourth-order valence-corrected chi connectivity index (χ4v) is 4.43. The Kier molecular flexibility index (Phi) is 3.66. The average Bonchev–Trinajstić information content (AvgIpc) is 3.12. The van der Waals surface area contributed by atoms with E-state index >= 15 is 0 Å². The van der Waals surface area contributed by atoms with Crippen molar-refractivity contribution in [3.63, 3.8) is 0 Å². The van der Waals surface area contributed by atoms with Crippen LogP contribution in [0.3, 0.4) is 0 Å². The maximum atomic E-state index is 13.4. The molecule has 23 heavy (non-hydrogen) atoms. The Labute approximate surface area is 138 Å². The number of hydrogen-bond donors (Lipinski definition) is 2. The topological polar surface area (TPSA) is 44.4 Å². The number of nitrogens with zero attached hydrogens (tertiary/aromatic N) is 1. The summed E-state index contributed by atoms with van der Waals surface area (Å²) in [4.78, 5) is 15.6. The molecule has 0 aromatic heterocycles. The van der Waals surface area contributed by atoms with Gasteiger partial charge in [0.05, 0.1) is 11.6 Å². The van der Waals surface area contributed by atoms with Gasteiger partial charge in [0.1, 0.15) is 5.82 Å². The van der Waals surface area contributed by atoms with E-state index in [1.54, 1.807) is 17.8 Å². The molecular weight excluding hydrogens is 313 g/mol. The third-order valence-electron chi connectivity index (χ3n) is 4.49. The van der Waals surface area contributed by atoms with Crippen molar-refractivity contribution in [1.29, 1.82) is 0 Å². The van der Waals surface area contributed by atoms with Gasteiger partial charge < -0.3 is 15.5 Å². The van der Waals surface area contributed by atoms with Crippen LogP contribution in [0.15, 0.2) is 35.2 Å². The molecule has 2 aliphatic heterocycles. The lowest BCUT2D eigenvalue weighted by Gasteiger charge is -2.16. The van der Waals surface area contributed by atoms with Crippen molar-refractivity contribution >= 4 is 34.1 Å². The molecule has 2 aromatic rings. The van der Waals surface area contributed by atoms with Crippen molar-refractivity contribution in [3.05, 3.63) is 36.1 Å². The highest BCUT2D eigenvalue weighted by molar-refractivity contribution is 8.00. The minimum atomic E-state index is -0.233. The third-order valence-corrected chi connectivity index (χ3v) is 5.64. The molecule has 4 rings (SSSR count). The molecule has 2 aromatic carbocycles. The molecule has 1 fully saturated rings. The van der Waals surface area contributed by atoms with Crippen LogP contribution in [0.5, 0.6) is 0 Å². The Morgan fingerprint density at radius 1 is 1.39 bits per heavy atom. The lowest BCUT2D eigenvalue weighted by molar-refractivity contribution is -0.124. The molecule has 2 N–H and O–H groups in total. The normalized spacial score (nSPS) is 23.7. The molecular formula is C17H18FN3OS. The molecule has 2 aliphatic rings. The first-order valence-electron chi connectivity index (χ1n) is 7.74. The number of benzene rings is 2. The predicted octanol–water partition coefficient (Wildman–Crippen LogP) is 2.85. The van der Waals surface area contributed by atoms with Crippen LogP contribution in [0.1, 0.15) is 6.42 Å². The minimum absolute atomic E-state index is 0.0666. The molecule has 0 spiro atoms. The number of nitrogens with one attached hydrogen (secondary N) is 2. The summed E-state index contributed by atoms with van der Waals surface area (Å²) in [6.45, 7) is 1.79. The van der Waals surface area contributed by atoms with Gasteiger partial charge in [-0.15, -0.1) is 0 Å². The van der Waals surface area contributed by atoms with Crippen LogP contribution in [0.25, 0.3) is 10.8 Å². The average molecular weight is 331 g/mol. The molecule has 0 radical (unpaired) electrons. The van der Waals surface area contributed by atoms with Gasteiger partial charge in [-0.3, -0.25) is 4.79 Å². The van der Waals surface area contributed by atoms with Crippen molar-refractivity contribution in [1.82, 2.24) is 10.2 Å². The van der Waals surface area contributed by atoms with Gasteiger partial charge in [-0.1, -0.05) is 23.9 Å². The summed E-state index contributed by atoms with van der Waals surface area (Å²) in [5.74, 6) is -0.0666. The summed E-state index contributed by atoms with van der Waals surface area (Å²) in [6.07, 6.45) is 0.912. The van der Waals surface area contributed by atoms with Crippen molar-refractivity contribution in [2.45, 2.75) is 16.8 Å². The zero-order valence-electron chi connectivity index (χ0n) is 12.8. The Hall–Kier alpha value is -1.79. The van der Waals surface area contributed by atoms with Crippen molar-refractivity contribution in [3.8, 4) is 0 Å². The van der Waals surface area contributed by atoms with E-state index < -0.39 is 0 Å². The van der Waals surface area contributed by atoms with Crippen molar-refractivity contribution < 1.29 is 9.18 Å². The number of halogens is 1. The highest BCUT2D eigenvalue weighted by Gasteiger charge is 2.30. The number of thioether (sulfide) groups is 1. The lowest BCUT2D eigenvalue weighted by Crippen LogP contribution is -2.40. The van der Waals surface area contributed by atoms with E-state index in [4.69, 9.17) is 0 Å². The number of carbonyl (C=O) groups excluding carboxylic acids is 1. The number of carbonyl (C=O) groups is 1. The van der Waals surface area contributed by atoms with Crippen LogP contribution < -0.4 is 10.6 Å². The summed E-state index contributed by atoms with van der Waals surface area (Å²) in [7, 11) is 2.04. The van der Waals surface area contributed by atoms with E-state index in [1.165, 1.54) is 12.1 Å². The summed E-state index contributed by atoms with van der Waals surface area (Å²) in [6, 6.07) is 8.66. The maximum Gasteiger partial charge on any atom is 0.226 e. The number of anilines is 1. The van der Waals surface area contributed by atoms with Crippen molar-refractivity contribution in [2.24, 2.45) is 5.92 Å². The summed E-state index contributed by atoms with van der Waals surface area (Å²) < 4.78 is 13.4. The molecule has 120 valence electrons. The van der Waals surface area contributed by atoms with Crippen LogP contribution in [0.4, 0.5) is 10.1 Å². The summed E-state index contributed by atoms with van der Waals surface area (Å²) >= 11 is 1.58. The molecule has 0 bridgehead atoms. The van der Waals surface area contributed by atoms with Crippen LogP contribution in [-0.4, -0.2) is 36.4 Å². The van der Waals surface area contributed by atoms with Crippen LogP contribution in [-0.2, 0) is 4.79 Å². The first-order valence-corrected chi connectivity index (χ1v) is 8.62. The molecule has 4 nitrogen and oxygen atoms in total. The minimum Gasteiger partial charge on any atom is -0.356 e. The second kappa shape index (κ2) is 5.69. The monoisotopic (exact) mass is 331 g/mol. The number of rotatable bonds is 2. The molecule has 0 aliphatic carbocycles. The van der Waals surface area contributed by atoms with Crippen LogP contribution in [0.2, 0.25) is 0 Å². The standard InChI is InChI=1S/C17H18FN3OS/c1-21-7-6-11(9-21)16(22)20-17-19-14-5-2-10-8-12(18)3-4-13(10)15(14)23-17/h2-5,8,11,17,19H,6-7,9H2,1H3,(H,20,22).